The lowest BCUT2D eigenvalue weighted by Gasteiger charge is -2.36. The lowest BCUT2D eigenvalue weighted by atomic mass is 9.92. The highest BCUT2D eigenvalue weighted by Crippen LogP contribution is 2.42. The molecule has 6 nitrogen and oxygen atoms in total. The van der Waals surface area contributed by atoms with Crippen LogP contribution in [0, 0.1) is 0 Å². The fraction of sp³-hybridized carbons (Fsp3) is 0.387. The average molecular weight is 665 g/mol. The van der Waals surface area contributed by atoms with Crippen molar-refractivity contribution in [3.05, 3.63) is 66.3 Å². The van der Waals surface area contributed by atoms with Gasteiger partial charge in [-0.25, -0.2) is 9.78 Å². The third kappa shape index (κ3) is 7.29. The molecule has 1 saturated carbocycles. The molecule has 0 atom stereocenters. The van der Waals surface area contributed by atoms with E-state index < -0.39 is 5.97 Å². The van der Waals surface area contributed by atoms with E-state index in [1.54, 1.807) is 19.9 Å². The SMILES string of the molecule is CCOC(=O)/C(C)=C/c1c(Cl)cc(C(=O)Nc2nc(-c3cc(Cl)cs3)c(C3=CCN(C4CCCCC4)CC3)s2)cc1Cl. The summed E-state index contributed by atoms with van der Waals surface area (Å²) in [5, 5.41) is 6.48. The minimum Gasteiger partial charge on any atom is -0.463 e. The van der Waals surface area contributed by atoms with Crippen molar-refractivity contribution >= 4 is 86.1 Å². The molecule has 0 bridgehead atoms. The third-order valence-corrected chi connectivity index (χ3v) is 10.5. The summed E-state index contributed by atoms with van der Waals surface area (Å²) in [7, 11) is 0. The Labute approximate surface area is 269 Å². The van der Waals surface area contributed by atoms with Gasteiger partial charge in [-0.2, -0.15) is 0 Å². The Kier molecular flexibility index (Phi) is 10.5. The predicted molar refractivity (Wildman–Crippen MR) is 176 cm³/mol. The van der Waals surface area contributed by atoms with Crippen LogP contribution in [0.25, 0.3) is 22.2 Å². The second-order valence-electron chi connectivity index (χ2n) is 10.4. The number of carbonyl (C=O) groups is 2. The van der Waals surface area contributed by atoms with Gasteiger partial charge in [0.2, 0.25) is 0 Å². The Morgan fingerprint density at radius 1 is 1.14 bits per heavy atom. The normalized spacial score (nSPS) is 16.8. The van der Waals surface area contributed by atoms with E-state index in [9.17, 15) is 9.59 Å². The van der Waals surface area contributed by atoms with E-state index in [-0.39, 0.29) is 28.1 Å². The Bertz CT molecular complexity index is 1520. The van der Waals surface area contributed by atoms with Gasteiger partial charge in [0, 0.05) is 41.2 Å². The van der Waals surface area contributed by atoms with Crippen LogP contribution in [0.5, 0.6) is 0 Å². The lowest BCUT2D eigenvalue weighted by Crippen LogP contribution is -2.39. The van der Waals surface area contributed by atoms with Gasteiger partial charge in [-0.1, -0.05) is 71.5 Å². The number of anilines is 1. The van der Waals surface area contributed by atoms with Crippen molar-refractivity contribution in [2.45, 2.75) is 58.4 Å². The Hall–Kier alpha value is -2.20. The number of rotatable bonds is 8. The van der Waals surface area contributed by atoms with Crippen LogP contribution in [0.3, 0.4) is 0 Å². The van der Waals surface area contributed by atoms with E-state index in [4.69, 9.17) is 44.5 Å². The standard InChI is InChI=1S/C31H32Cl3N3O3S2/c1-3-40-30(39)18(2)13-23-24(33)14-20(15-25(23)34)29(38)36-31-35-27(26-16-21(32)17-41-26)28(42-31)19-9-11-37(12-10-19)22-7-5-4-6-8-22/h9,13-17,22H,3-8,10-12H2,1-2H3,(H,35,36,38)/b18-13+. The minimum absolute atomic E-state index is 0.250. The first kappa shape index (κ1) is 31.2. The molecule has 1 amide bonds. The highest BCUT2D eigenvalue weighted by Gasteiger charge is 2.26. The first-order valence-electron chi connectivity index (χ1n) is 14.1. The third-order valence-electron chi connectivity index (χ3n) is 7.57. The number of thiazole rings is 1. The molecule has 1 aromatic carbocycles. The monoisotopic (exact) mass is 663 g/mol. The molecular formula is C31H32Cl3N3O3S2. The highest BCUT2D eigenvalue weighted by molar-refractivity contribution is 7.18. The van der Waals surface area contributed by atoms with Crippen LogP contribution in [0.15, 0.2) is 35.2 Å². The average Bonchev–Trinajstić information content (AvgIpc) is 3.61. The van der Waals surface area contributed by atoms with Gasteiger partial charge >= 0.3 is 5.97 Å². The van der Waals surface area contributed by atoms with Crippen molar-refractivity contribution in [3.63, 3.8) is 0 Å². The van der Waals surface area contributed by atoms with Crippen LogP contribution < -0.4 is 5.32 Å². The molecule has 5 rings (SSSR count). The maximum atomic E-state index is 13.3. The highest BCUT2D eigenvalue weighted by atomic mass is 35.5. The van der Waals surface area contributed by atoms with Gasteiger partial charge < -0.3 is 4.74 Å². The lowest BCUT2D eigenvalue weighted by molar-refractivity contribution is -0.138. The van der Waals surface area contributed by atoms with E-state index in [0.717, 1.165) is 35.0 Å². The van der Waals surface area contributed by atoms with Gasteiger partial charge in [-0.3, -0.25) is 15.0 Å². The Morgan fingerprint density at radius 3 is 2.50 bits per heavy atom. The van der Waals surface area contributed by atoms with Crippen molar-refractivity contribution in [1.29, 1.82) is 0 Å². The first-order chi connectivity index (χ1) is 20.2. The number of hydrogen-bond acceptors (Lipinski definition) is 7. The number of aromatic nitrogens is 1. The maximum Gasteiger partial charge on any atom is 0.333 e. The quantitative estimate of drug-likeness (QED) is 0.192. The second-order valence-corrected chi connectivity index (χ2v) is 13.6. The molecule has 2 aliphatic rings. The molecule has 1 N–H and O–H groups in total. The van der Waals surface area contributed by atoms with Crippen LogP contribution in [0.2, 0.25) is 15.1 Å². The number of halogens is 3. The first-order valence-corrected chi connectivity index (χ1v) is 16.9. The molecule has 0 unspecified atom stereocenters. The summed E-state index contributed by atoms with van der Waals surface area (Å²) in [5.74, 6) is -0.836. The summed E-state index contributed by atoms with van der Waals surface area (Å²) in [5.41, 5.74) is 3.16. The number of thiophene rings is 1. The maximum absolute atomic E-state index is 13.3. The predicted octanol–water partition coefficient (Wildman–Crippen LogP) is 9.47. The molecule has 42 heavy (non-hydrogen) atoms. The molecule has 3 aromatic rings. The Balaban J connectivity index is 1.38. The summed E-state index contributed by atoms with van der Waals surface area (Å²) < 4.78 is 5.03. The van der Waals surface area contributed by atoms with Crippen LogP contribution in [-0.2, 0) is 9.53 Å². The number of benzene rings is 1. The number of nitrogens with zero attached hydrogens (tertiary/aromatic N) is 2. The minimum atomic E-state index is -0.455. The van der Waals surface area contributed by atoms with E-state index in [2.05, 4.69) is 16.3 Å². The smallest absolute Gasteiger partial charge is 0.333 e. The zero-order valence-electron chi connectivity index (χ0n) is 23.5. The molecule has 0 spiro atoms. The van der Waals surface area contributed by atoms with E-state index >= 15 is 0 Å². The molecule has 2 aromatic heterocycles. The molecule has 1 fully saturated rings. The number of carbonyl (C=O) groups excluding carboxylic acids is 2. The zero-order chi connectivity index (χ0) is 29.8. The summed E-state index contributed by atoms with van der Waals surface area (Å²) in [6, 6.07) is 5.66. The van der Waals surface area contributed by atoms with E-state index in [0.29, 0.717) is 27.3 Å². The van der Waals surface area contributed by atoms with Crippen molar-refractivity contribution < 1.29 is 14.3 Å². The zero-order valence-corrected chi connectivity index (χ0v) is 27.4. The van der Waals surface area contributed by atoms with Gasteiger partial charge in [0.25, 0.3) is 5.91 Å². The molecule has 0 saturated heterocycles. The fourth-order valence-corrected chi connectivity index (χ4v) is 8.18. The molecule has 0 radical (unpaired) electrons. The van der Waals surface area contributed by atoms with Crippen molar-refractivity contribution in [1.82, 2.24) is 9.88 Å². The van der Waals surface area contributed by atoms with Gasteiger partial charge in [0.15, 0.2) is 5.13 Å². The molecule has 222 valence electrons. The van der Waals surface area contributed by atoms with E-state index in [1.165, 1.54) is 72.5 Å². The van der Waals surface area contributed by atoms with Crippen molar-refractivity contribution in [2.75, 3.05) is 25.0 Å². The molecule has 3 heterocycles. The van der Waals surface area contributed by atoms with Crippen LogP contribution >= 0.6 is 57.5 Å². The topological polar surface area (TPSA) is 71.5 Å². The number of hydrogen-bond donors (Lipinski definition) is 1. The van der Waals surface area contributed by atoms with E-state index in [1.807, 2.05) is 11.4 Å². The molecule has 11 heteroatoms. The van der Waals surface area contributed by atoms with Crippen LogP contribution in [0.1, 0.15) is 73.2 Å². The molecule has 1 aliphatic heterocycles. The second kappa shape index (κ2) is 14.1. The largest absolute Gasteiger partial charge is 0.463 e. The summed E-state index contributed by atoms with van der Waals surface area (Å²) >= 11 is 22.3. The summed E-state index contributed by atoms with van der Waals surface area (Å²) in [6.45, 7) is 5.57. The molecular weight excluding hydrogens is 633 g/mol. The fourth-order valence-electron chi connectivity index (χ4n) is 5.41. The van der Waals surface area contributed by atoms with Crippen LogP contribution in [-0.4, -0.2) is 47.5 Å². The number of nitrogens with one attached hydrogen (secondary N) is 1. The summed E-state index contributed by atoms with van der Waals surface area (Å²) in [6.07, 6.45) is 11.4. The van der Waals surface area contributed by atoms with Gasteiger partial charge in [-0.15, -0.1) is 11.3 Å². The Morgan fingerprint density at radius 2 is 1.88 bits per heavy atom. The van der Waals surface area contributed by atoms with Crippen molar-refractivity contribution in [3.8, 4) is 10.6 Å². The van der Waals surface area contributed by atoms with Gasteiger partial charge in [-0.05, 0) is 63.0 Å². The van der Waals surface area contributed by atoms with Crippen molar-refractivity contribution in [2.24, 2.45) is 0 Å². The molecule has 1 aliphatic carbocycles. The number of amides is 1. The van der Waals surface area contributed by atoms with Gasteiger partial charge in [0.1, 0.15) is 5.69 Å². The van der Waals surface area contributed by atoms with Gasteiger partial charge in [0.05, 0.1) is 31.4 Å². The number of ether oxygens (including phenoxy) is 1. The van der Waals surface area contributed by atoms with Crippen LogP contribution in [0.4, 0.5) is 5.13 Å². The summed E-state index contributed by atoms with van der Waals surface area (Å²) in [4.78, 5) is 34.8. The number of esters is 1.